The van der Waals surface area contributed by atoms with Gasteiger partial charge in [-0.2, -0.15) is 17.8 Å². The van der Waals surface area contributed by atoms with Crippen molar-refractivity contribution in [3.05, 3.63) is 17.5 Å². The van der Waals surface area contributed by atoms with Crippen LogP contribution in [0.4, 0.5) is 0 Å². The van der Waals surface area contributed by atoms with Crippen LogP contribution >= 0.6 is 0 Å². The maximum absolute atomic E-state index is 12.7. The van der Waals surface area contributed by atoms with Crippen LogP contribution in [0.2, 0.25) is 0 Å². The number of aryl methyl sites for hydroxylation is 2. The lowest BCUT2D eigenvalue weighted by atomic mass is 9.99. The molecule has 0 radical (unpaired) electrons. The summed E-state index contributed by atoms with van der Waals surface area (Å²) in [6.45, 7) is 5.14. The standard InChI is InChI=1S/C16H29N5O3S/c1-13-11-14(2)21(18-13)12-16(22)20-10-6-5-7-15(20)8-9-17-25(23,24)19(3)4/h11,15,17H,5-10,12H2,1-4H3. The van der Waals surface area contributed by atoms with Crippen molar-refractivity contribution in [2.75, 3.05) is 27.2 Å². The quantitative estimate of drug-likeness (QED) is 0.763. The van der Waals surface area contributed by atoms with E-state index < -0.39 is 10.2 Å². The Kier molecular flexibility index (Phi) is 6.59. The highest BCUT2D eigenvalue weighted by molar-refractivity contribution is 7.87. The molecule has 0 saturated carbocycles. The van der Waals surface area contributed by atoms with E-state index in [1.807, 2.05) is 24.8 Å². The molecule has 9 heteroatoms. The predicted molar refractivity (Wildman–Crippen MR) is 96.3 cm³/mol. The van der Waals surface area contributed by atoms with Crippen molar-refractivity contribution in [2.45, 2.75) is 52.1 Å². The van der Waals surface area contributed by atoms with Crippen LogP contribution in [-0.2, 0) is 21.5 Å². The molecule has 1 amide bonds. The molecule has 1 N–H and O–H groups in total. The number of aromatic nitrogens is 2. The number of likely N-dealkylation sites (tertiary alicyclic amines) is 1. The van der Waals surface area contributed by atoms with Gasteiger partial charge in [-0.25, -0.2) is 4.72 Å². The summed E-state index contributed by atoms with van der Waals surface area (Å²) in [5.74, 6) is 0.0476. The predicted octanol–water partition coefficient (Wildman–Crippen LogP) is 0.667. The molecule has 0 bridgehead atoms. The summed E-state index contributed by atoms with van der Waals surface area (Å²) in [5, 5.41) is 4.36. The van der Waals surface area contributed by atoms with Gasteiger partial charge in [-0.05, 0) is 45.6 Å². The molecule has 2 rings (SSSR count). The van der Waals surface area contributed by atoms with Crippen LogP contribution in [0.5, 0.6) is 0 Å². The fraction of sp³-hybridized carbons (Fsp3) is 0.750. The van der Waals surface area contributed by atoms with Crippen LogP contribution in [0.25, 0.3) is 0 Å². The molecular formula is C16H29N5O3S. The second-order valence-electron chi connectivity index (χ2n) is 6.79. The maximum atomic E-state index is 12.7. The van der Waals surface area contributed by atoms with E-state index in [9.17, 15) is 13.2 Å². The molecule has 1 aromatic rings. The number of amides is 1. The Balaban J connectivity index is 1.95. The summed E-state index contributed by atoms with van der Waals surface area (Å²) in [7, 11) is -0.436. The third-order valence-electron chi connectivity index (χ3n) is 4.58. The van der Waals surface area contributed by atoms with Gasteiger partial charge in [-0.15, -0.1) is 0 Å². The van der Waals surface area contributed by atoms with Crippen LogP contribution in [0, 0.1) is 13.8 Å². The third-order valence-corrected chi connectivity index (χ3v) is 6.11. The molecule has 1 aromatic heterocycles. The van der Waals surface area contributed by atoms with Gasteiger partial charge in [0, 0.05) is 38.9 Å². The van der Waals surface area contributed by atoms with Gasteiger partial charge >= 0.3 is 0 Å². The average Bonchev–Trinajstić information content (AvgIpc) is 2.85. The van der Waals surface area contributed by atoms with E-state index in [-0.39, 0.29) is 18.5 Å². The van der Waals surface area contributed by atoms with Gasteiger partial charge in [-0.3, -0.25) is 9.48 Å². The van der Waals surface area contributed by atoms with Crippen molar-refractivity contribution in [2.24, 2.45) is 0 Å². The van der Waals surface area contributed by atoms with Gasteiger partial charge in [-0.1, -0.05) is 0 Å². The molecule has 0 spiro atoms. The molecule has 2 heterocycles. The molecule has 8 nitrogen and oxygen atoms in total. The number of piperidine rings is 1. The minimum absolute atomic E-state index is 0.0476. The average molecular weight is 372 g/mol. The molecule has 25 heavy (non-hydrogen) atoms. The van der Waals surface area contributed by atoms with Crippen molar-refractivity contribution in [3.63, 3.8) is 0 Å². The SMILES string of the molecule is Cc1cc(C)n(CC(=O)N2CCCCC2CCNS(=O)(=O)N(C)C)n1. The number of hydrogen-bond acceptors (Lipinski definition) is 4. The van der Waals surface area contributed by atoms with Crippen LogP contribution in [0.3, 0.4) is 0 Å². The number of carbonyl (C=O) groups is 1. The van der Waals surface area contributed by atoms with Gasteiger partial charge in [0.15, 0.2) is 0 Å². The van der Waals surface area contributed by atoms with Gasteiger partial charge in [0.05, 0.1) is 5.69 Å². The second kappa shape index (κ2) is 8.29. The largest absolute Gasteiger partial charge is 0.338 e. The van der Waals surface area contributed by atoms with E-state index >= 15 is 0 Å². The topological polar surface area (TPSA) is 87.5 Å². The van der Waals surface area contributed by atoms with Gasteiger partial charge in [0.2, 0.25) is 5.91 Å². The zero-order chi connectivity index (χ0) is 18.6. The lowest BCUT2D eigenvalue weighted by molar-refractivity contribution is -0.135. The first-order valence-electron chi connectivity index (χ1n) is 8.68. The highest BCUT2D eigenvalue weighted by Gasteiger charge is 2.27. The first-order valence-corrected chi connectivity index (χ1v) is 10.1. The van der Waals surface area contributed by atoms with E-state index in [1.54, 1.807) is 4.68 Å². The van der Waals surface area contributed by atoms with E-state index in [2.05, 4.69) is 9.82 Å². The Bertz CT molecular complexity index is 699. The number of carbonyl (C=O) groups excluding carboxylic acids is 1. The Hall–Kier alpha value is -1.45. The molecule has 0 aliphatic carbocycles. The van der Waals surface area contributed by atoms with Crippen LogP contribution in [-0.4, -0.2) is 66.5 Å². The summed E-state index contributed by atoms with van der Waals surface area (Å²) >= 11 is 0. The number of hydrogen-bond donors (Lipinski definition) is 1. The van der Waals surface area contributed by atoms with Gasteiger partial charge in [0.1, 0.15) is 6.54 Å². The molecule has 1 fully saturated rings. The van der Waals surface area contributed by atoms with Gasteiger partial charge in [0.25, 0.3) is 10.2 Å². The summed E-state index contributed by atoms with van der Waals surface area (Å²) in [6.07, 6.45) is 3.58. The van der Waals surface area contributed by atoms with Crippen molar-refractivity contribution in [1.29, 1.82) is 0 Å². The van der Waals surface area contributed by atoms with Crippen molar-refractivity contribution in [1.82, 2.24) is 23.7 Å². The van der Waals surface area contributed by atoms with Crippen molar-refractivity contribution in [3.8, 4) is 0 Å². The van der Waals surface area contributed by atoms with Crippen LogP contribution in [0.15, 0.2) is 6.07 Å². The molecule has 1 aliphatic rings. The number of rotatable bonds is 7. The third kappa shape index (κ3) is 5.26. The Morgan fingerprint density at radius 2 is 2.08 bits per heavy atom. The van der Waals surface area contributed by atoms with E-state index in [0.29, 0.717) is 13.0 Å². The normalized spacial score (nSPS) is 18.8. The van der Waals surface area contributed by atoms with E-state index in [1.165, 1.54) is 14.1 Å². The molecule has 1 saturated heterocycles. The second-order valence-corrected chi connectivity index (χ2v) is 8.76. The Morgan fingerprint density at radius 3 is 2.68 bits per heavy atom. The van der Waals surface area contributed by atoms with Crippen molar-refractivity contribution < 1.29 is 13.2 Å². The van der Waals surface area contributed by atoms with Gasteiger partial charge < -0.3 is 4.90 Å². The fourth-order valence-electron chi connectivity index (χ4n) is 3.17. The lowest BCUT2D eigenvalue weighted by Crippen LogP contribution is -2.47. The first-order chi connectivity index (χ1) is 11.7. The highest BCUT2D eigenvalue weighted by Crippen LogP contribution is 2.20. The molecule has 1 unspecified atom stereocenters. The number of nitrogens with zero attached hydrogens (tertiary/aromatic N) is 4. The minimum atomic E-state index is -3.42. The maximum Gasteiger partial charge on any atom is 0.278 e. The first kappa shape index (κ1) is 19.9. The minimum Gasteiger partial charge on any atom is -0.338 e. The summed E-state index contributed by atoms with van der Waals surface area (Å²) in [6, 6.07) is 2.03. The smallest absolute Gasteiger partial charge is 0.278 e. The van der Waals surface area contributed by atoms with Crippen LogP contribution < -0.4 is 4.72 Å². The fourth-order valence-corrected chi connectivity index (χ4v) is 3.80. The zero-order valence-electron chi connectivity index (χ0n) is 15.5. The molecular weight excluding hydrogens is 342 g/mol. The Labute approximate surface area is 150 Å². The summed E-state index contributed by atoms with van der Waals surface area (Å²) < 4.78 is 29.0. The van der Waals surface area contributed by atoms with Crippen LogP contribution in [0.1, 0.15) is 37.1 Å². The van der Waals surface area contributed by atoms with E-state index in [4.69, 9.17) is 0 Å². The molecule has 1 aliphatic heterocycles. The number of nitrogens with one attached hydrogen (secondary N) is 1. The Morgan fingerprint density at radius 1 is 1.36 bits per heavy atom. The molecule has 1 atom stereocenters. The monoisotopic (exact) mass is 371 g/mol. The molecule has 142 valence electrons. The summed E-state index contributed by atoms with van der Waals surface area (Å²) in [5.41, 5.74) is 1.87. The van der Waals surface area contributed by atoms with Crippen molar-refractivity contribution >= 4 is 16.1 Å². The zero-order valence-corrected chi connectivity index (χ0v) is 16.3. The molecule has 0 aromatic carbocycles. The highest BCUT2D eigenvalue weighted by atomic mass is 32.2. The van der Waals surface area contributed by atoms with E-state index in [0.717, 1.165) is 41.5 Å². The summed E-state index contributed by atoms with van der Waals surface area (Å²) in [4.78, 5) is 14.6. The lowest BCUT2D eigenvalue weighted by Gasteiger charge is -2.36.